The van der Waals surface area contributed by atoms with Gasteiger partial charge in [0.15, 0.2) is 0 Å². The van der Waals surface area contributed by atoms with E-state index in [0.717, 1.165) is 5.56 Å². The predicted octanol–water partition coefficient (Wildman–Crippen LogP) is 3.33. The van der Waals surface area contributed by atoms with Gasteiger partial charge >= 0.3 is 0 Å². The summed E-state index contributed by atoms with van der Waals surface area (Å²) >= 11 is 0. The van der Waals surface area contributed by atoms with Gasteiger partial charge in [-0.05, 0) is 23.3 Å². The number of aromatic nitrogens is 1. The van der Waals surface area contributed by atoms with E-state index in [1.807, 2.05) is 30.3 Å². The first-order chi connectivity index (χ1) is 7.36. The third kappa shape index (κ3) is 2.62. The van der Waals surface area contributed by atoms with Gasteiger partial charge < -0.3 is 0 Å². The van der Waals surface area contributed by atoms with Gasteiger partial charge in [0.05, 0.1) is 0 Å². The maximum absolute atomic E-state index is 13.8. The molecule has 1 unspecified atom stereocenters. The average Bonchev–Trinajstić information content (AvgIpc) is 2.31. The first-order valence-corrected chi connectivity index (χ1v) is 4.94. The molecule has 0 fully saturated rings. The Morgan fingerprint density at radius 3 is 2.33 bits per heavy atom. The van der Waals surface area contributed by atoms with Gasteiger partial charge in [-0.15, -0.1) is 0 Å². The summed E-state index contributed by atoms with van der Waals surface area (Å²) < 4.78 is 13.8. The molecule has 1 aromatic heterocycles. The largest absolute Gasteiger partial charge is 0.265 e. The molecule has 0 aliphatic carbocycles. The Kier molecular flexibility index (Phi) is 3.08. The number of hydrogen-bond acceptors (Lipinski definition) is 1. The highest BCUT2D eigenvalue weighted by Crippen LogP contribution is 2.21. The molecule has 0 saturated carbocycles. The molecule has 0 radical (unpaired) electrons. The van der Waals surface area contributed by atoms with E-state index in [9.17, 15) is 4.39 Å². The third-order valence-corrected chi connectivity index (χ3v) is 2.33. The molecule has 15 heavy (non-hydrogen) atoms. The molecule has 0 aliphatic rings. The second kappa shape index (κ2) is 4.69. The van der Waals surface area contributed by atoms with Gasteiger partial charge in [0, 0.05) is 18.8 Å². The van der Waals surface area contributed by atoms with Crippen LogP contribution in [0.2, 0.25) is 0 Å². The number of alkyl halides is 1. The van der Waals surface area contributed by atoms with Gasteiger partial charge in [-0.25, -0.2) is 4.39 Å². The van der Waals surface area contributed by atoms with Crippen molar-refractivity contribution in [2.75, 3.05) is 0 Å². The Morgan fingerprint density at radius 1 is 1.00 bits per heavy atom. The fourth-order valence-corrected chi connectivity index (χ4v) is 1.51. The molecular formula is C13H12FN. The smallest absolute Gasteiger partial charge is 0.129 e. The quantitative estimate of drug-likeness (QED) is 0.742. The number of halogens is 1. The highest BCUT2D eigenvalue weighted by Gasteiger charge is 2.09. The van der Waals surface area contributed by atoms with Crippen molar-refractivity contribution in [3.05, 3.63) is 66.0 Å². The van der Waals surface area contributed by atoms with Crippen molar-refractivity contribution >= 4 is 0 Å². The van der Waals surface area contributed by atoms with E-state index >= 15 is 0 Å². The van der Waals surface area contributed by atoms with Crippen LogP contribution in [-0.4, -0.2) is 4.98 Å². The summed E-state index contributed by atoms with van der Waals surface area (Å²) in [7, 11) is 0. The molecule has 76 valence electrons. The molecule has 0 bridgehead atoms. The Morgan fingerprint density at radius 2 is 1.67 bits per heavy atom. The minimum atomic E-state index is -0.949. The van der Waals surface area contributed by atoms with Crippen LogP contribution in [0.4, 0.5) is 4.39 Å². The zero-order valence-corrected chi connectivity index (χ0v) is 8.31. The summed E-state index contributed by atoms with van der Waals surface area (Å²) in [5.41, 5.74) is 1.70. The topological polar surface area (TPSA) is 12.9 Å². The van der Waals surface area contributed by atoms with Crippen molar-refractivity contribution < 1.29 is 4.39 Å². The van der Waals surface area contributed by atoms with E-state index in [1.165, 1.54) is 0 Å². The fourth-order valence-electron chi connectivity index (χ4n) is 1.51. The summed E-state index contributed by atoms with van der Waals surface area (Å²) in [6, 6.07) is 13.1. The van der Waals surface area contributed by atoms with Crippen LogP contribution in [0.15, 0.2) is 54.9 Å². The summed E-state index contributed by atoms with van der Waals surface area (Å²) in [5, 5.41) is 0. The van der Waals surface area contributed by atoms with Gasteiger partial charge in [0.2, 0.25) is 0 Å². The third-order valence-electron chi connectivity index (χ3n) is 2.33. The Balaban J connectivity index is 2.08. The lowest BCUT2D eigenvalue weighted by molar-refractivity contribution is 0.342. The fraction of sp³-hybridized carbons (Fsp3) is 0.154. The van der Waals surface area contributed by atoms with Crippen LogP contribution in [0, 0.1) is 0 Å². The second-order valence-electron chi connectivity index (χ2n) is 3.44. The Hall–Kier alpha value is -1.70. The molecule has 0 aliphatic heterocycles. The van der Waals surface area contributed by atoms with Gasteiger partial charge in [-0.1, -0.05) is 30.3 Å². The van der Waals surface area contributed by atoms with Crippen LogP contribution in [0.3, 0.4) is 0 Å². The van der Waals surface area contributed by atoms with E-state index in [1.54, 1.807) is 24.5 Å². The monoisotopic (exact) mass is 201 g/mol. The van der Waals surface area contributed by atoms with Gasteiger partial charge in [0.1, 0.15) is 6.17 Å². The number of rotatable bonds is 3. The van der Waals surface area contributed by atoms with Crippen molar-refractivity contribution in [1.29, 1.82) is 0 Å². The zero-order valence-electron chi connectivity index (χ0n) is 8.31. The number of nitrogens with zero attached hydrogens (tertiary/aromatic N) is 1. The molecule has 2 heteroatoms. The lowest BCUT2D eigenvalue weighted by atomic mass is 10.0. The molecule has 2 rings (SSSR count). The highest BCUT2D eigenvalue weighted by atomic mass is 19.1. The van der Waals surface area contributed by atoms with E-state index in [-0.39, 0.29) is 0 Å². The minimum Gasteiger partial charge on any atom is -0.265 e. The molecule has 1 aromatic carbocycles. The van der Waals surface area contributed by atoms with Crippen LogP contribution < -0.4 is 0 Å². The van der Waals surface area contributed by atoms with Crippen LogP contribution >= 0.6 is 0 Å². The number of benzene rings is 1. The van der Waals surface area contributed by atoms with Crippen molar-refractivity contribution in [1.82, 2.24) is 4.98 Å². The van der Waals surface area contributed by atoms with E-state index in [2.05, 4.69) is 4.98 Å². The highest BCUT2D eigenvalue weighted by molar-refractivity contribution is 5.20. The van der Waals surface area contributed by atoms with Gasteiger partial charge in [-0.3, -0.25) is 4.98 Å². The lowest BCUT2D eigenvalue weighted by Gasteiger charge is -2.07. The molecule has 0 N–H and O–H groups in total. The lowest BCUT2D eigenvalue weighted by Crippen LogP contribution is -1.96. The zero-order chi connectivity index (χ0) is 10.5. The molecule has 1 heterocycles. The van der Waals surface area contributed by atoms with Crippen LogP contribution in [0.1, 0.15) is 17.3 Å². The number of hydrogen-bond donors (Lipinski definition) is 0. The van der Waals surface area contributed by atoms with Gasteiger partial charge in [-0.2, -0.15) is 0 Å². The van der Waals surface area contributed by atoms with Crippen molar-refractivity contribution in [2.45, 2.75) is 12.6 Å². The Bertz CT molecular complexity index is 399. The second-order valence-corrected chi connectivity index (χ2v) is 3.44. The standard InChI is InChI=1S/C13H12FN/c14-13(12-6-8-15-9-7-12)10-11-4-2-1-3-5-11/h1-9,13H,10H2. The molecule has 2 aromatic rings. The molecular weight excluding hydrogens is 189 g/mol. The summed E-state index contributed by atoms with van der Waals surface area (Å²) in [6.45, 7) is 0. The maximum atomic E-state index is 13.8. The van der Waals surface area contributed by atoms with E-state index in [0.29, 0.717) is 12.0 Å². The summed E-state index contributed by atoms with van der Waals surface area (Å²) in [6.07, 6.45) is 2.71. The molecule has 0 spiro atoms. The molecule has 0 amide bonds. The van der Waals surface area contributed by atoms with Gasteiger partial charge in [0.25, 0.3) is 0 Å². The van der Waals surface area contributed by atoms with Crippen LogP contribution in [-0.2, 0) is 6.42 Å². The predicted molar refractivity (Wildman–Crippen MR) is 58.2 cm³/mol. The minimum absolute atomic E-state index is 0.421. The molecule has 1 atom stereocenters. The normalized spacial score (nSPS) is 12.3. The summed E-state index contributed by atoms with van der Waals surface area (Å²) in [4.78, 5) is 3.87. The van der Waals surface area contributed by atoms with Crippen molar-refractivity contribution in [3.8, 4) is 0 Å². The first-order valence-electron chi connectivity index (χ1n) is 4.94. The average molecular weight is 201 g/mol. The summed E-state index contributed by atoms with van der Waals surface area (Å²) in [5.74, 6) is 0. The number of pyridine rings is 1. The van der Waals surface area contributed by atoms with Crippen molar-refractivity contribution in [2.24, 2.45) is 0 Å². The first kappa shape index (κ1) is 9.84. The molecule has 0 saturated heterocycles. The van der Waals surface area contributed by atoms with Crippen molar-refractivity contribution in [3.63, 3.8) is 0 Å². The SMILES string of the molecule is FC(Cc1ccccc1)c1ccncc1. The van der Waals surface area contributed by atoms with Crippen LogP contribution in [0.5, 0.6) is 0 Å². The van der Waals surface area contributed by atoms with E-state index < -0.39 is 6.17 Å². The Labute approximate surface area is 88.6 Å². The maximum Gasteiger partial charge on any atom is 0.129 e. The molecule has 1 nitrogen and oxygen atoms in total. The van der Waals surface area contributed by atoms with E-state index in [4.69, 9.17) is 0 Å². The van der Waals surface area contributed by atoms with Crippen LogP contribution in [0.25, 0.3) is 0 Å².